The summed E-state index contributed by atoms with van der Waals surface area (Å²) in [5.74, 6) is 0.0178. The molecular formula is C17H18N6O3. The van der Waals surface area contributed by atoms with Gasteiger partial charge in [0.15, 0.2) is 6.39 Å². The lowest BCUT2D eigenvalue weighted by Crippen LogP contribution is -2.48. The number of carbonyl (C=O) groups excluding carboxylic acids is 1. The molecule has 0 fully saturated rings. The number of aryl methyl sites for hydroxylation is 2. The van der Waals surface area contributed by atoms with Gasteiger partial charge in [0.05, 0.1) is 30.3 Å². The molecule has 0 aromatic carbocycles. The summed E-state index contributed by atoms with van der Waals surface area (Å²) in [6.07, 6.45) is 6.89. The van der Waals surface area contributed by atoms with E-state index >= 15 is 0 Å². The molecule has 0 N–H and O–H groups in total. The van der Waals surface area contributed by atoms with Crippen molar-refractivity contribution in [1.82, 2.24) is 29.4 Å². The molecule has 0 radical (unpaired) electrons. The highest BCUT2D eigenvalue weighted by atomic mass is 16.5. The summed E-state index contributed by atoms with van der Waals surface area (Å²) in [6.45, 7) is 2.41. The van der Waals surface area contributed by atoms with Gasteiger partial charge in [-0.1, -0.05) is 0 Å². The molecule has 9 nitrogen and oxygen atoms in total. The number of fused-ring (bicyclic) bond motifs is 1. The van der Waals surface area contributed by atoms with E-state index in [1.54, 1.807) is 36.6 Å². The largest absolute Gasteiger partial charge is 0.461 e. The Kier molecular flexibility index (Phi) is 4.11. The Morgan fingerprint density at radius 3 is 2.85 bits per heavy atom. The molecule has 1 amide bonds. The van der Waals surface area contributed by atoms with Gasteiger partial charge < -0.3 is 18.6 Å². The van der Waals surface area contributed by atoms with E-state index in [4.69, 9.17) is 9.15 Å². The Balaban J connectivity index is 1.60. The van der Waals surface area contributed by atoms with E-state index in [-0.39, 0.29) is 30.3 Å². The first-order valence-electron chi connectivity index (χ1n) is 8.23. The Hall–Kier alpha value is -3.23. The predicted molar refractivity (Wildman–Crippen MR) is 89.3 cm³/mol. The van der Waals surface area contributed by atoms with Gasteiger partial charge in [-0.25, -0.2) is 19.9 Å². The molecule has 0 bridgehead atoms. The second-order valence-electron chi connectivity index (χ2n) is 6.15. The third kappa shape index (κ3) is 2.92. The van der Waals surface area contributed by atoms with Crippen LogP contribution < -0.4 is 4.74 Å². The molecule has 1 unspecified atom stereocenters. The molecule has 3 aromatic heterocycles. The summed E-state index contributed by atoms with van der Waals surface area (Å²) in [5, 5.41) is 0. The molecule has 3 aromatic rings. The second kappa shape index (κ2) is 6.58. The molecule has 4 rings (SSSR count). The van der Waals surface area contributed by atoms with Crippen molar-refractivity contribution in [3.63, 3.8) is 0 Å². The van der Waals surface area contributed by atoms with E-state index in [0.717, 1.165) is 11.4 Å². The van der Waals surface area contributed by atoms with Crippen molar-refractivity contribution in [2.24, 2.45) is 7.05 Å². The van der Waals surface area contributed by atoms with Crippen LogP contribution in [0.4, 0.5) is 0 Å². The molecule has 0 saturated heterocycles. The summed E-state index contributed by atoms with van der Waals surface area (Å²) in [7, 11) is 1.95. The molecule has 4 heterocycles. The number of hydrogen-bond donors (Lipinski definition) is 0. The van der Waals surface area contributed by atoms with Crippen LogP contribution in [0.2, 0.25) is 0 Å². The topological polar surface area (TPSA) is 99.2 Å². The third-order valence-electron chi connectivity index (χ3n) is 4.48. The SMILES string of the molecule is Cc1ncoc1C(=O)N1Cc2ncn(C)c2CC1COc1ncccn1. The molecule has 0 spiro atoms. The van der Waals surface area contributed by atoms with E-state index in [2.05, 4.69) is 19.9 Å². The van der Waals surface area contributed by atoms with Gasteiger partial charge in [0.1, 0.15) is 6.61 Å². The van der Waals surface area contributed by atoms with Crippen LogP contribution in [-0.4, -0.2) is 48.0 Å². The Morgan fingerprint density at radius 2 is 2.12 bits per heavy atom. The van der Waals surface area contributed by atoms with Crippen LogP contribution in [0.3, 0.4) is 0 Å². The van der Waals surface area contributed by atoms with Crippen molar-refractivity contribution in [2.45, 2.75) is 25.9 Å². The van der Waals surface area contributed by atoms with Gasteiger partial charge >= 0.3 is 6.01 Å². The van der Waals surface area contributed by atoms with E-state index in [1.807, 2.05) is 11.6 Å². The minimum absolute atomic E-state index is 0.196. The first kappa shape index (κ1) is 16.2. The van der Waals surface area contributed by atoms with Gasteiger partial charge in [-0.2, -0.15) is 0 Å². The van der Waals surface area contributed by atoms with Gasteiger partial charge in [-0.3, -0.25) is 4.79 Å². The van der Waals surface area contributed by atoms with Crippen molar-refractivity contribution >= 4 is 5.91 Å². The fraction of sp³-hybridized carbons (Fsp3) is 0.353. The highest BCUT2D eigenvalue weighted by Gasteiger charge is 2.35. The van der Waals surface area contributed by atoms with E-state index in [0.29, 0.717) is 18.7 Å². The summed E-state index contributed by atoms with van der Waals surface area (Å²) in [6, 6.07) is 1.81. The molecule has 1 aliphatic rings. The molecule has 26 heavy (non-hydrogen) atoms. The molecule has 1 aliphatic heterocycles. The molecule has 9 heteroatoms. The number of rotatable bonds is 4. The maximum atomic E-state index is 13.0. The van der Waals surface area contributed by atoms with Crippen molar-refractivity contribution in [2.75, 3.05) is 6.61 Å². The summed E-state index contributed by atoms with van der Waals surface area (Å²) in [5.41, 5.74) is 2.53. The van der Waals surface area contributed by atoms with Crippen LogP contribution >= 0.6 is 0 Å². The zero-order chi connectivity index (χ0) is 18.1. The number of aromatic nitrogens is 5. The molecule has 134 valence electrons. The number of imidazole rings is 1. The quantitative estimate of drug-likeness (QED) is 0.693. The van der Waals surface area contributed by atoms with Crippen molar-refractivity contribution in [3.05, 3.63) is 54.0 Å². The minimum Gasteiger partial charge on any atom is -0.461 e. The van der Waals surface area contributed by atoms with E-state index in [9.17, 15) is 4.79 Å². The number of ether oxygens (including phenoxy) is 1. The van der Waals surface area contributed by atoms with Gasteiger partial charge in [0.25, 0.3) is 5.91 Å². The standard InChI is InChI=1S/C17H18N6O3/c1-11-15(26-10-21-11)16(24)23-7-13-14(22(2)9-20-13)6-12(23)8-25-17-18-4-3-5-19-17/h3-5,9-10,12H,6-8H2,1-2H3. The van der Waals surface area contributed by atoms with Gasteiger partial charge in [0, 0.05) is 31.6 Å². The van der Waals surface area contributed by atoms with E-state index in [1.165, 1.54) is 6.39 Å². The average Bonchev–Trinajstić information content (AvgIpc) is 3.25. The smallest absolute Gasteiger partial charge is 0.316 e. The third-order valence-corrected chi connectivity index (χ3v) is 4.48. The lowest BCUT2D eigenvalue weighted by Gasteiger charge is -2.34. The number of nitrogens with zero attached hydrogens (tertiary/aromatic N) is 6. The number of carbonyl (C=O) groups is 1. The lowest BCUT2D eigenvalue weighted by molar-refractivity contribution is 0.0518. The molecule has 1 atom stereocenters. The zero-order valence-corrected chi connectivity index (χ0v) is 14.5. The maximum absolute atomic E-state index is 13.0. The fourth-order valence-corrected chi connectivity index (χ4v) is 3.08. The van der Waals surface area contributed by atoms with Crippen LogP contribution in [-0.2, 0) is 20.0 Å². The Labute approximate surface area is 149 Å². The highest BCUT2D eigenvalue weighted by molar-refractivity contribution is 5.92. The van der Waals surface area contributed by atoms with Crippen LogP contribution in [0.15, 0.2) is 35.6 Å². The molecular weight excluding hydrogens is 336 g/mol. The Morgan fingerprint density at radius 1 is 1.31 bits per heavy atom. The average molecular weight is 354 g/mol. The summed E-state index contributed by atoms with van der Waals surface area (Å²) >= 11 is 0. The lowest BCUT2D eigenvalue weighted by atomic mass is 10.0. The van der Waals surface area contributed by atoms with Crippen LogP contribution in [0.1, 0.15) is 27.6 Å². The van der Waals surface area contributed by atoms with Gasteiger partial charge in [-0.05, 0) is 13.0 Å². The highest BCUT2D eigenvalue weighted by Crippen LogP contribution is 2.25. The van der Waals surface area contributed by atoms with Crippen molar-refractivity contribution in [1.29, 1.82) is 0 Å². The second-order valence-corrected chi connectivity index (χ2v) is 6.15. The van der Waals surface area contributed by atoms with Crippen molar-refractivity contribution < 1.29 is 13.9 Å². The van der Waals surface area contributed by atoms with Gasteiger partial charge in [0.2, 0.25) is 5.76 Å². The fourth-order valence-electron chi connectivity index (χ4n) is 3.08. The number of amides is 1. The number of oxazole rings is 1. The molecule has 0 saturated carbocycles. The summed E-state index contributed by atoms with van der Waals surface area (Å²) in [4.78, 5) is 31.3. The zero-order valence-electron chi connectivity index (χ0n) is 14.5. The Bertz CT molecular complexity index is 920. The minimum atomic E-state index is -0.223. The van der Waals surface area contributed by atoms with Crippen LogP contribution in [0, 0.1) is 6.92 Å². The summed E-state index contributed by atoms with van der Waals surface area (Å²) < 4.78 is 13.0. The van der Waals surface area contributed by atoms with E-state index < -0.39 is 0 Å². The first-order valence-corrected chi connectivity index (χ1v) is 8.23. The van der Waals surface area contributed by atoms with Crippen LogP contribution in [0.25, 0.3) is 0 Å². The molecule has 0 aliphatic carbocycles. The maximum Gasteiger partial charge on any atom is 0.316 e. The van der Waals surface area contributed by atoms with Crippen molar-refractivity contribution in [3.8, 4) is 6.01 Å². The van der Waals surface area contributed by atoms with Gasteiger partial charge in [-0.15, -0.1) is 0 Å². The monoisotopic (exact) mass is 354 g/mol. The normalized spacial score (nSPS) is 16.4. The first-order chi connectivity index (χ1) is 12.6. The number of hydrogen-bond acceptors (Lipinski definition) is 7. The van der Waals surface area contributed by atoms with Crippen LogP contribution in [0.5, 0.6) is 6.01 Å². The predicted octanol–water partition coefficient (Wildman–Crippen LogP) is 1.15.